The lowest BCUT2D eigenvalue weighted by Crippen LogP contribution is -2.50. The summed E-state index contributed by atoms with van der Waals surface area (Å²) in [6.07, 6.45) is 0. The number of anilines is 1. The number of fused-ring (bicyclic) bond motifs is 2. The van der Waals surface area contributed by atoms with Crippen molar-refractivity contribution >= 4 is 44.3 Å². The van der Waals surface area contributed by atoms with Gasteiger partial charge < -0.3 is 19.9 Å². The van der Waals surface area contributed by atoms with Crippen LogP contribution in [0.5, 0.6) is 0 Å². The summed E-state index contributed by atoms with van der Waals surface area (Å²) in [5.41, 5.74) is 6.48. The van der Waals surface area contributed by atoms with Crippen LogP contribution in [0.2, 0.25) is 0 Å². The minimum absolute atomic E-state index is 0.0234. The number of aliphatic hydroxyl groups is 1. The fourth-order valence-electron chi connectivity index (χ4n) is 4.80. The number of aromatic nitrogens is 5. The molecule has 4 heterocycles. The average Bonchev–Trinajstić information content (AvgIpc) is 3.62. The molecule has 6 rings (SSSR count). The number of imidazole rings is 2. The van der Waals surface area contributed by atoms with Crippen molar-refractivity contribution in [1.82, 2.24) is 29.0 Å². The van der Waals surface area contributed by atoms with E-state index in [1.165, 1.54) is 0 Å². The normalized spacial score (nSPS) is 14.3. The molecule has 184 valence electrons. The third-order valence-electron chi connectivity index (χ3n) is 6.77. The summed E-state index contributed by atoms with van der Waals surface area (Å²) in [6, 6.07) is 13.2. The van der Waals surface area contributed by atoms with Crippen LogP contribution < -0.4 is 10.6 Å². The van der Waals surface area contributed by atoms with Gasteiger partial charge in [-0.05, 0) is 29.8 Å². The van der Waals surface area contributed by atoms with Crippen LogP contribution in [0, 0.1) is 0 Å². The summed E-state index contributed by atoms with van der Waals surface area (Å²) < 4.78 is 3.13. The standard InChI is InChI=1S/C25H25N7O3S/c1-29-19-4-2-3-5-20(19)32(25(29)35)13-21(34)30-8-10-31(11-9-30)24-22(26-15-36-24)23-27-17-7-6-16(14-33)12-18(17)28-23/h2-7,12,15,33H,8-11,13-14H2,1H3,(H,27,28). The minimum Gasteiger partial charge on any atom is -0.392 e. The van der Waals surface area contributed by atoms with Crippen LogP contribution in [0.3, 0.4) is 0 Å². The first-order valence-electron chi connectivity index (χ1n) is 11.7. The van der Waals surface area contributed by atoms with E-state index in [1.54, 1.807) is 27.5 Å². The van der Waals surface area contributed by atoms with Crippen LogP contribution in [0.1, 0.15) is 5.56 Å². The van der Waals surface area contributed by atoms with E-state index in [2.05, 4.69) is 14.9 Å². The number of benzene rings is 2. The fourth-order valence-corrected chi connectivity index (χ4v) is 5.65. The molecular formula is C25H25N7O3S. The second-order valence-corrected chi connectivity index (χ2v) is 9.72. The number of carbonyl (C=O) groups excluding carboxylic acids is 1. The summed E-state index contributed by atoms with van der Waals surface area (Å²) in [4.78, 5) is 42.4. The molecule has 5 aromatic rings. The molecule has 2 aromatic carbocycles. The number of para-hydroxylation sites is 2. The number of aromatic amines is 1. The molecule has 3 aromatic heterocycles. The van der Waals surface area contributed by atoms with Gasteiger partial charge in [0.25, 0.3) is 0 Å². The van der Waals surface area contributed by atoms with Crippen molar-refractivity contribution < 1.29 is 9.90 Å². The molecule has 2 N–H and O–H groups in total. The van der Waals surface area contributed by atoms with Crippen molar-refractivity contribution in [2.24, 2.45) is 7.05 Å². The Balaban J connectivity index is 1.17. The number of nitrogens with one attached hydrogen (secondary N) is 1. The smallest absolute Gasteiger partial charge is 0.329 e. The fraction of sp³-hybridized carbons (Fsp3) is 0.280. The van der Waals surface area contributed by atoms with E-state index >= 15 is 0 Å². The van der Waals surface area contributed by atoms with Gasteiger partial charge in [0.15, 0.2) is 5.82 Å². The van der Waals surface area contributed by atoms with Gasteiger partial charge in [-0.25, -0.2) is 14.8 Å². The number of rotatable bonds is 5. The predicted molar refractivity (Wildman–Crippen MR) is 139 cm³/mol. The van der Waals surface area contributed by atoms with Crippen LogP contribution in [-0.4, -0.2) is 66.2 Å². The van der Waals surface area contributed by atoms with Gasteiger partial charge in [-0.1, -0.05) is 18.2 Å². The molecule has 0 bridgehead atoms. The third-order valence-corrected chi connectivity index (χ3v) is 7.65. The molecule has 0 unspecified atom stereocenters. The number of H-pyrrole nitrogens is 1. The van der Waals surface area contributed by atoms with Crippen molar-refractivity contribution in [3.05, 3.63) is 64.0 Å². The Labute approximate surface area is 210 Å². The van der Waals surface area contributed by atoms with E-state index in [0.717, 1.165) is 38.3 Å². The topological polar surface area (TPSA) is 112 Å². The van der Waals surface area contributed by atoms with E-state index in [-0.39, 0.29) is 24.7 Å². The van der Waals surface area contributed by atoms with Crippen LogP contribution in [0.4, 0.5) is 5.00 Å². The Morgan fingerprint density at radius 2 is 1.89 bits per heavy atom. The Bertz CT molecular complexity index is 1640. The Morgan fingerprint density at radius 1 is 1.11 bits per heavy atom. The maximum atomic E-state index is 13.1. The number of aliphatic hydroxyl groups excluding tert-OH is 1. The monoisotopic (exact) mass is 503 g/mol. The van der Waals surface area contributed by atoms with Crippen molar-refractivity contribution in [2.75, 3.05) is 31.1 Å². The molecule has 1 saturated heterocycles. The molecule has 1 aliphatic heterocycles. The largest absolute Gasteiger partial charge is 0.392 e. The molecule has 1 fully saturated rings. The zero-order valence-electron chi connectivity index (χ0n) is 19.7. The number of piperazine rings is 1. The molecule has 0 aliphatic carbocycles. The van der Waals surface area contributed by atoms with Crippen molar-refractivity contribution in [3.63, 3.8) is 0 Å². The number of carbonyl (C=O) groups is 1. The first-order valence-corrected chi connectivity index (χ1v) is 12.6. The minimum atomic E-state index is -0.186. The lowest BCUT2D eigenvalue weighted by atomic mass is 10.2. The van der Waals surface area contributed by atoms with Crippen LogP contribution in [-0.2, 0) is 25.0 Å². The molecule has 1 aliphatic rings. The molecule has 1 amide bonds. The summed E-state index contributed by atoms with van der Waals surface area (Å²) in [7, 11) is 1.73. The molecule has 36 heavy (non-hydrogen) atoms. The third kappa shape index (κ3) is 3.76. The molecule has 0 atom stereocenters. The molecule has 0 saturated carbocycles. The van der Waals surface area contributed by atoms with E-state index in [0.29, 0.717) is 32.0 Å². The summed E-state index contributed by atoms with van der Waals surface area (Å²) >= 11 is 1.55. The SMILES string of the molecule is Cn1c(=O)n(CC(=O)N2CCN(c3scnc3-c3nc4ccc(CO)cc4[nH]3)CC2)c2ccccc21. The summed E-state index contributed by atoms with van der Waals surface area (Å²) in [5.74, 6) is 0.625. The van der Waals surface area contributed by atoms with E-state index in [9.17, 15) is 14.7 Å². The van der Waals surface area contributed by atoms with Crippen molar-refractivity contribution in [3.8, 4) is 11.5 Å². The number of amides is 1. The highest BCUT2D eigenvalue weighted by atomic mass is 32.1. The Morgan fingerprint density at radius 3 is 2.67 bits per heavy atom. The second-order valence-electron chi connectivity index (χ2n) is 8.89. The van der Waals surface area contributed by atoms with E-state index < -0.39 is 0 Å². The van der Waals surface area contributed by atoms with Gasteiger partial charge in [0, 0.05) is 33.2 Å². The quantitative estimate of drug-likeness (QED) is 0.380. The molecule has 10 nitrogen and oxygen atoms in total. The van der Waals surface area contributed by atoms with Gasteiger partial charge in [-0.2, -0.15) is 0 Å². The average molecular weight is 504 g/mol. The second kappa shape index (κ2) is 8.92. The van der Waals surface area contributed by atoms with Gasteiger partial charge in [0.05, 0.1) is 34.2 Å². The molecule has 0 spiro atoms. The zero-order chi connectivity index (χ0) is 24.8. The number of hydrogen-bond acceptors (Lipinski definition) is 7. The highest BCUT2D eigenvalue weighted by Crippen LogP contribution is 2.34. The maximum absolute atomic E-state index is 13.1. The number of thiazole rings is 1. The van der Waals surface area contributed by atoms with Gasteiger partial charge in [-0.15, -0.1) is 11.3 Å². The van der Waals surface area contributed by atoms with Crippen LogP contribution >= 0.6 is 11.3 Å². The maximum Gasteiger partial charge on any atom is 0.329 e. The lowest BCUT2D eigenvalue weighted by molar-refractivity contribution is -0.132. The van der Waals surface area contributed by atoms with E-state index in [4.69, 9.17) is 4.98 Å². The van der Waals surface area contributed by atoms with Crippen LogP contribution in [0.15, 0.2) is 52.8 Å². The predicted octanol–water partition coefficient (Wildman–Crippen LogP) is 2.18. The van der Waals surface area contributed by atoms with Gasteiger partial charge >= 0.3 is 5.69 Å². The van der Waals surface area contributed by atoms with Gasteiger partial charge in [0.2, 0.25) is 5.91 Å². The van der Waals surface area contributed by atoms with Gasteiger partial charge in [0.1, 0.15) is 17.2 Å². The molecule has 0 radical (unpaired) electrons. The highest BCUT2D eigenvalue weighted by molar-refractivity contribution is 7.14. The van der Waals surface area contributed by atoms with Crippen molar-refractivity contribution in [2.45, 2.75) is 13.2 Å². The summed E-state index contributed by atoms with van der Waals surface area (Å²) in [5, 5.41) is 10.4. The number of hydrogen-bond donors (Lipinski definition) is 2. The van der Waals surface area contributed by atoms with E-state index in [1.807, 2.05) is 52.9 Å². The Kier molecular flexibility index (Phi) is 5.57. The zero-order valence-corrected chi connectivity index (χ0v) is 20.5. The first-order chi connectivity index (χ1) is 17.5. The molecule has 11 heteroatoms. The Hall–Kier alpha value is -3.96. The highest BCUT2D eigenvalue weighted by Gasteiger charge is 2.26. The lowest BCUT2D eigenvalue weighted by Gasteiger charge is -2.35. The van der Waals surface area contributed by atoms with Gasteiger partial charge in [-0.3, -0.25) is 13.9 Å². The first kappa shape index (κ1) is 22.5. The van der Waals surface area contributed by atoms with Crippen LogP contribution in [0.25, 0.3) is 33.6 Å². The molecular weight excluding hydrogens is 478 g/mol. The number of aryl methyl sites for hydroxylation is 1. The van der Waals surface area contributed by atoms with Crippen molar-refractivity contribution in [1.29, 1.82) is 0 Å². The number of nitrogens with zero attached hydrogens (tertiary/aromatic N) is 6. The summed E-state index contributed by atoms with van der Waals surface area (Å²) in [6.45, 7) is 2.47.